The van der Waals surface area contributed by atoms with E-state index < -0.39 is 28.8 Å². The Morgan fingerprint density at radius 1 is 1.19 bits per heavy atom. The molecule has 2 aliphatic heterocycles. The van der Waals surface area contributed by atoms with E-state index in [1.54, 1.807) is 6.92 Å². The first-order valence-corrected chi connectivity index (χ1v) is 8.23. The predicted octanol–water partition coefficient (Wildman–Crippen LogP) is 0.0667. The fraction of sp³-hybridized carbons (Fsp3) is 0.938. The van der Waals surface area contributed by atoms with Crippen molar-refractivity contribution in [3.63, 3.8) is 0 Å². The van der Waals surface area contributed by atoms with Crippen molar-refractivity contribution in [3.8, 4) is 0 Å². The van der Waals surface area contributed by atoms with Crippen molar-refractivity contribution in [1.29, 1.82) is 0 Å². The van der Waals surface area contributed by atoms with Gasteiger partial charge in [-0.2, -0.15) is 0 Å². The summed E-state index contributed by atoms with van der Waals surface area (Å²) in [5.41, 5.74) is -2.44. The van der Waals surface area contributed by atoms with Gasteiger partial charge in [-0.25, -0.2) is 0 Å². The molecule has 4 aliphatic rings. The zero-order valence-electron chi connectivity index (χ0n) is 12.6. The lowest BCUT2D eigenvalue weighted by Gasteiger charge is -2.60. The number of hydrogen-bond acceptors (Lipinski definition) is 5. The van der Waals surface area contributed by atoms with Gasteiger partial charge in [0.1, 0.15) is 0 Å². The zero-order chi connectivity index (χ0) is 15.0. The molecule has 5 heteroatoms. The quantitative estimate of drug-likeness (QED) is 0.589. The van der Waals surface area contributed by atoms with Crippen LogP contribution in [-0.2, 0) is 4.79 Å². The lowest BCUT2D eigenvalue weighted by Crippen LogP contribution is -2.71. The van der Waals surface area contributed by atoms with Gasteiger partial charge < -0.3 is 15.3 Å². The van der Waals surface area contributed by atoms with Gasteiger partial charge in [0.2, 0.25) is 0 Å². The third kappa shape index (κ3) is 1.39. The van der Waals surface area contributed by atoms with Gasteiger partial charge in [-0.1, -0.05) is 0 Å². The maximum Gasteiger partial charge on any atom is 0.154 e. The summed E-state index contributed by atoms with van der Waals surface area (Å²) in [6, 6.07) is 0. The van der Waals surface area contributed by atoms with Crippen LogP contribution >= 0.6 is 0 Å². The molecule has 0 amide bonds. The zero-order valence-corrected chi connectivity index (χ0v) is 12.6. The van der Waals surface area contributed by atoms with Crippen LogP contribution in [0.25, 0.3) is 0 Å². The van der Waals surface area contributed by atoms with Crippen molar-refractivity contribution in [2.45, 2.75) is 68.8 Å². The Morgan fingerprint density at radius 2 is 1.86 bits per heavy atom. The number of carbonyl (C=O) groups excluding carboxylic acids is 1. The van der Waals surface area contributed by atoms with E-state index in [1.165, 1.54) is 0 Å². The Hall–Kier alpha value is -0.490. The monoisotopic (exact) mass is 295 g/mol. The topological polar surface area (TPSA) is 81.0 Å². The molecule has 0 radical (unpaired) electrons. The highest BCUT2D eigenvalue weighted by atomic mass is 16.3. The second-order valence-electron chi connectivity index (χ2n) is 7.85. The molecule has 0 aromatic rings. The molecule has 3 N–H and O–H groups in total. The number of nitrogens with zero attached hydrogens (tertiary/aromatic N) is 1. The molecule has 2 saturated carbocycles. The van der Waals surface area contributed by atoms with Crippen LogP contribution in [0.4, 0.5) is 0 Å². The Labute approximate surface area is 124 Å². The first kappa shape index (κ1) is 14.1. The van der Waals surface area contributed by atoms with E-state index in [0.29, 0.717) is 6.42 Å². The molecule has 4 fully saturated rings. The summed E-state index contributed by atoms with van der Waals surface area (Å²) < 4.78 is 0. The molecule has 2 saturated heterocycles. The fourth-order valence-corrected chi connectivity index (χ4v) is 6.30. The highest BCUT2D eigenvalue weighted by molar-refractivity contribution is 5.93. The van der Waals surface area contributed by atoms with E-state index in [4.69, 9.17) is 0 Å². The van der Waals surface area contributed by atoms with Gasteiger partial charge in [-0.3, -0.25) is 9.69 Å². The Balaban J connectivity index is 1.89. The molecule has 5 nitrogen and oxygen atoms in total. The molecular weight excluding hydrogens is 270 g/mol. The fourth-order valence-electron chi connectivity index (χ4n) is 6.30. The van der Waals surface area contributed by atoms with E-state index in [9.17, 15) is 20.1 Å². The number of rotatable bonds is 0. The Morgan fingerprint density at radius 3 is 2.57 bits per heavy atom. The van der Waals surface area contributed by atoms with E-state index in [0.717, 1.165) is 38.8 Å². The predicted molar refractivity (Wildman–Crippen MR) is 75.6 cm³/mol. The average molecular weight is 295 g/mol. The highest BCUT2D eigenvalue weighted by Gasteiger charge is 2.75. The molecule has 0 aromatic heterocycles. The largest absolute Gasteiger partial charge is 0.392 e. The summed E-state index contributed by atoms with van der Waals surface area (Å²) in [6.07, 6.45) is 2.34. The average Bonchev–Trinajstić information content (AvgIpc) is 2.96. The van der Waals surface area contributed by atoms with Crippen LogP contribution < -0.4 is 0 Å². The summed E-state index contributed by atoms with van der Waals surface area (Å²) in [5, 5.41) is 32.0. The van der Waals surface area contributed by atoms with Gasteiger partial charge in [-0.15, -0.1) is 0 Å². The van der Waals surface area contributed by atoms with Crippen LogP contribution in [0.5, 0.6) is 0 Å². The van der Waals surface area contributed by atoms with Crippen LogP contribution in [0.1, 0.15) is 45.4 Å². The molecule has 2 spiro atoms. The SMILES string of the molecule is C[C@@]1(O)C[C@H](O)C23CCCN4CCC[C@@]42C(=O)CC3[C@@H]1O. The minimum atomic E-state index is -1.30. The van der Waals surface area contributed by atoms with E-state index in [-0.39, 0.29) is 18.1 Å². The number of aliphatic hydroxyl groups excluding tert-OH is 2. The Bertz CT molecular complexity index is 493. The third-order valence-electron chi connectivity index (χ3n) is 7.04. The van der Waals surface area contributed by atoms with Gasteiger partial charge in [0, 0.05) is 24.2 Å². The van der Waals surface area contributed by atoms with Crippen molar-refractivity contribution in [2.75, 3.05) is 13.1 Å². The molecule has 6 atom stereocenters. The molecule has 21 heavy (non-hydrogen) atoms. The number of ketones is 1. The molecule has 2 heterocycles. The molecule has 0 bridgehead atoms. The minimum Gasteiger partial charge on any atom is -0.392 e. The van der Waals surface area contributed by atoms with Crippen molar-refractivity contribution in [2.24, 2.45) is 11.3 Å². The first-order valence-electron chi connectivity index (χ1n) is 8.23. The summed E-state index contributed by atoms with van der Waals surface area (Å²) in [4.78, 5) is 15.2. The molecule has 2 aliphatic carbocycles. The molecule has 118 valence electrons. The smallest absolute Gasteiger partial charge is 0.154 e. The van der Waals surface area contributed by atoms with Gasteiger partial charge in [0.05, 0.1) is 23.3 Å². The van der Waals surface area contributed by atoms with Crippen LogP contribution in [0.15, 0.2) is 0 Å². The second kappa shape index (κ2) is 4.07. The number of hydrogen-bond donors (Lipinski definition) is 3. The normalized spacial score (nSPS) is 57.0. The van der Waals surface area contributed by atoms with Gasteiger partial charge in [0.15, 0.2) is 5.78 Å². The summed E-state index contributed by atoms with van der Waals surface area (Å²) in [7, 11) is 0. The van der Waals surface area contributed by atoms with Gasteiger partial charge in [0.25, 0.3) is 0 Å². The molecular formula is C16H25NO4. The summed E-state index contributed by atoms with van der Waals surface area (Å²) in [5.74, 6) is -0.134. The van der Waals surface area contributed by atoms with E-state index in [2.05, 4.69) is 4.90 Å². The van der Waals surface area contributed by atoms with Crippen LogP contribution in [0.3, 0.4) is 0 Å². The number of piperidine rings is 1. The van der Waals surface area contributed by atoms with Crippen LogP contribution in [0.2, 0.25) is 0 Å². The highest BCUT2D eigenvalue weighted by Crippen LogP contribution is 2.66. The van der Waals surface area contributed by atoms with Gasteiger partial charge >= 0.3 is 0 Å². The number of aliphatic hydroxyl groups is 3. The molecule has 4 rings (SSSR count). The van der Waals surface area contributed by atoms with E-state index in [1.807, 2.05) is 0 Å². The number of carbonyl (C=O) groups is 1. The van der Waals surface area contributed by atoms with Crippen LogP contribution in [0, 0.1) is 11.3 Å². The maximum atomic E-state index is 12.9. The Kier molecular flexibility index (Phi) is 2.74. The molecule has 2 unspecified atom stereocenters. The summed E-state index contributed by atoms with van der Waals surface area (Å²) in [6.45, 7) is 3.41. The second-order valence-corrected chi connectivity index (χ2v) is 7.85. The number of Topliss-reactive ketones (excluding diaryl/α,β-unsaturated/α-hetero) is 1. The van der Waals surface area contributed by atoms with Crippen molar-refractivity contribution < 1.29 is 20.1 Å². The summed E-state index contributed by atoms with van der Waals surface area (Å²) >= 11 is 0. The van der Waals surface area contributed by atoms with Crippen molar-refractivity contribution >= 4 is 5.78 Å². The van der Waals surface area contributed by atoms with E-state index >= 15 is 0 Å². The first-order chi connectivity index (χ1) is 9.86. The molecule has 0 aromatic carbocycles. The van der Waals surface area contributed by atoms with Gasteiger partial charge in [-0.05, 0) is 45.7 Å². The maximum absolute atomic E-state index is 12.9. The van der Waals surface area contributed by atoms with Crippen molar-refractivity contribution in [1.82, 2.24) is 4.90 Å². The third-order valence-corrected chi connectivity index (χ3v) is 7.04. The minimum absolute atomic E-state index is 0.160. The lowest BCUT2D eigenvalue weighted by molar-refractivity contribution is -0.229. The van der Waals surface area contributed by atoms with Crippen LogP contribution in [-0.4, -0.2) is 62.4 Å². The lowest BCUT2D eigenvalue weighted by atomic mass is 9.52. The standard InChI is InChI=1S/C16H25NO4/c1-14(21)9-12(19)15-4-2-6-17-7-3-5-16(15,17)11(18)8-10(15)13(14)20/h10,12-13,19-21H,2-9H2,1H3/t10?,12-,13-,14+,15?,16-/m0/s1. The van der Waals surface area contributed by atoms with Crippen molar-refractivity contribution in [3.05, 3.63) is 0 Å².